The summed E-state index contributed by atoms with van der Waals surface area (Å²) in [6.45, 7) is 9.47. The van der Waals surface area contributed by atoms with Gasteiger partial charge in [0, 0.05) is 93.6 Å². The van der Waals surface area contributed by atoms with Gasteiger partial charge in [0.25, 0.3) is 0 Å². The molecule has 3 aliphatic carbocycles. The van der Waals surface area contributed by atoms with E-state index in [1.54, 1.807) is 56.1 Å². The molecule has 9 heterocycles. The number of pyridine rings is 3. The largest absolute Gasteiger partial charge is 0.481 e. The molecule has 9 N–H and O–H groups in total. The van der Waals surface area contributed by atoms with Gasteiger partial charge in [-0.15, -0.1) is 0 Å². The number of carbonyl (C=O) groups excluding carboxylic acids is 2. The molecule has 9 aromatic heterocycles. The highest BCUT2D eigenvalue weighted by Gasteiger charge is 2.41. The molecule has 0 aromatic carbocycles. The van der Waals surface area contributed by atoms with Crippen LogP contribution < -0.4 is 21.7 Å². The van der Waals surface area contributed by atoms with Gasteiger partial charge >= 0.3 is 11.9 Å². The second-order valence-corrected chi connectivity index (χ2v) is 23.9. The number of carboxylic acids is 1. The number of nitrogens with one attached hydrogen (secondary N) is 6. The number of hydrogen-bond acceptors (Lipinski definition) is 16. The van der Waals surface area contributed by atoms with Crippen LogP contribution in [0.25, 0.3) is 67.3 Å². The van der Waals surface area contributed by atoms with Gasteiger partial charge in [0.15, 0.2) is 52.4 Å². The normalized spacial score (nSPS) is 21.5. The van der Waals surface area contributed by atoms with Gasteiger partial charge in [-0.05, 0) is 89.8 Å². The van der Waals surface area contributed by atoms with E-state index in [-0.39, 0.29) is 54.9 Å². The van der Waals surface area contributed by atoms with Crippen LogP contribution in [0.4, 0.5) is 30.6 Å². The van der Waals surface area contributed by atoms with Crippen molar-refractivity contribution in [3.8, 4) is 34.2 Å². The number of carboxylic acid groups (broad SMARTS) is 1. The molecule has 0 saturated heterocycles. The molecule has 3 aliphatic rings. The van der Waals surface area contributed by atoms with E-state index >= 15 is 0 Å². The predicted octanol–water partition coefficient (Wildman–Crippen LogP) is 13.9. The standard InChI is InChI=1S/C20H21ClFN5O2.C19H20ClFN6O.C19H19ClFN5O2.C2H6.CH4/c1-20(19(28)29-2)5-3-4-12(7-20)26-18-15(22)10-25-17(27-18)14-9-24-16-13(14)6-11(21)8-23-16;1-19(18(22)28)4-2-3-11(6-19)26-17-14(21)9-25-16(27-17)13-8-24-15-12(13)5-10(20)7-23-15;1-19(18(27)28)4-2-3-11(6-19)25-17-14(21)9-24-16(26-17)13-8-23-15-12(13)5-10(20)7-22-15;1-2;/h6,8-10,12H,3-5,7H2,1-2H3,(H,23,24)(H,25,26,27);5,7-9,11H,2-4,6H2,1H3,(H2,22,28)(H,23,24)(H,25,26,27);5,7-9,11H,2-4,6H2,1H3,(H,22,23)(H,27,28)(H,24,25,26);1-2H3;1H4/t12?,20-;2*11?,19-;;/m111../s1. The van der Waals surface area contributed by atoms with Crippen molar-refractivity contribution in [1.29, 1.82) is 0 Å². The highest BCUT2D eigenvalue weighted by Crippen LogP contribution is 2.41. The minimum absolute atomic E-state index is 0. The summed E-state index contributed by atoms with van der Waals surface area (Å²) in [6.07, 6.45) is 21.6. The van der Waals surface area contributed by atoms with Gasteiger partial charge in [-0.2, -0.15) is 0 Å². The van der Waals surface area contributed by atoms with Gasteiger partial charge in [0.2, 0.25) is 5.91 Å². The van der Waals surface area contributed by atoms with Crippen LogP contribution in [0.3, 0.4) is 0 Å². The minimum Gasteiger partial charge on any atom is -0.481 e. The lowest BCUT2D eigenvalue weighted by molar-refractivity contribution is -0.154. The number of anilines is 3. The number of nitrogens with zero attached hydrogens (tertiary/aromatic N) is 9. The number of H-pyrrole nitrogens is 3. The molecule has 3 fully saturated rings. The number of carbonyl (C=O) groups is 3. The first-order chi connectivity index (χ1) is 41.6. The molecule has 1 amide bonds. The summed E-state index contributed by atoms with van der Waals surface area (Å²) < 4.78 is 48.1. The Bertz CT molecular complexity index is 3820. The first-order valence-corrected chi connectivity index (χ1v) is 29.6. The van der Waals surface area contributed by atoms with Gasteiger partial charge in [-0.3, -0.25) is 14.4 Å². The molecule has 9 aromatic rings. The molecule has 0 spiro atoms. The maximum absolute atomic E-state index is 14.4. The second-order valence-electron chi connectivity index (χ2n) is 22.6. The molecule has 88 heavy (non-hydrogen) atoms. The van der Waals surface area contributed by atoms with Gasteiger partial charge in [0.05, 0.1) is 51.6 Å². The van der Waals surface area contributed by atoms with E-state index in [9.17, 15) is 32.7 Å². The summed E-state index contributed by atoms with van der Waals surface area (Å²) in [5.41, 5.74) is 7.50. The number of aliphatic carboxylic acids is 1. The highest BCUT2D eigenvalue weighted by atomic mass is 35.5. The zero-order valence-corrected chi connectivity index (χ0v) is 50.9. The maximum atomic E-state index is 14.4. The van der Waals surface area contributed by atoms with Gasteiger partial charge in [-0.1, -0.05) is 82.3 Å². The number of aromatic nitrogens is 12. The van der Waals surface area contributed by atoms with Crippen LogP contribution in [0.1, 0.15) is 119 Å². The van der Waals surface area contributed by atoms with Crippen molar-refractivity contribution in [3.05, 3.63) is 106 Å². The Kier molecular flexibility index (Phi) is 20.8. The monoisotopic (exact) mass is 1270 g/mol. The number of aromatic amines is 3. The number of methoxy groups -OCH3 is 1. The summed E-state index contributed by atoms with van der Waals surface area (Å²) in [7, 11) is 1.39. The Labute approximate surface area is 520 Å². The van der Waals surface area contributed by atoms with Crippen molar-refractivity contribution in [1.82, 2.24) is 59.8 Å². The number of nitrogens with two attached hydrogens (primary N) is 1. The molecule has 27 heteroatoms. The van der Waals surface area contributed by atoms with Crippen LogP contribution in [0.2, 0.25) is 15.1 Å². The summed E-state index contributed by atoms with van der Waals surface area (Å²) >= 11 is 18.1. The summed E-state index contributed by atoms with van der Waals surface area (Å²) in [4.78, 5) is 82.7. The minimum atomic E-state index is -0.828. The quantitative estimate of drug-likeness (QED) is 0.0527. The van der Waals surface area contributed by atoms with Crippen molar-refractivity contribution in [2.24, 2.45) is 22.0 Å². The lowest BCUT2D eigenvalue weighted by Crippen LogP contribution is -2.42. The van der Waals surface area contributed by atoms with Crippen molar-refractivity contribution in [2.45, 2.75) is 137 Å². The Hall–Kier alpha value is -8.22. The van der Waals surface area contributed by atoms with Gasteiger partial charge in [0.1, 0.15) is 16.9 Å². The Morgan fingerprint density at radius 3 is 1.20 bits per heavy atom. The van der Waals surface area contributed by atoms with Crippen molar-refractivity contribution in [2.75, 3.05) is 23.1 Å². The Morgan fingerprint density at radius 1 is 0.557 bits per heavy atom. The highest BCUT2D eigenvalue weighted by molar-refractivity contribution is 6.32. The first kappa shape index (κ1) is 65.7. The number of amides is 1. The molecule has 6 atom stereocenters. The molecule has 0 radical (unpaired) electrons. The summed E-state index contributed by atoms with van der Waals surface area (Å²) in [5, 5.41) is 22.6. The predicted molar refractivity (Wildman–Crippen MR) is 335 cm³/mol. The lowest BCUT2D eigenvalue weighted by Gasteiger charge is -2.36. The third kappa shape index (κ3) is 14.7. The zero-order valence-electron chi connectivity index (χ0n) is 48.6. The molecule has 3 unspecified atom stereocenters. The number of esters is 1. The SMILES string of the molecule is C.CC.COC(=O)[C@]1(C)CCCC(Nc2nc(-c3c[nH]c4ncc(Cl)cc34)ncc2F)C1.C[C@@]1(C(=O)O)CCCC(Nc2nc(-c3c[nH]c4ncc(Cl)cc34)ncc2F)C1.C[C@@]1(C(N)=O)CCCC(Nc2nc(-c3c[nH]c4ncc(Cl)cc34)ncc2F)C1. The zero-order chi connectivity index (χ0) is 62.4. The smallest absolute Gasteiger partial charge is 0.311 e. The van der Waals surface area contributed by atoms with E-state index in [1.165, 1.54) is 13.3 Å². The number of hydrogen-bond donors (Lipinski definition) is 8. The Morgan fingerprint density at radius 2 is 0.875 bits per heavy atom. The van der Waals surface area contributed by atoms with Crippen LogP contribution in [-0.2, 0) is 19.1 Å². The fraction of sp³-hybridized carbons (Fsp3) is 0.410. The number of primary amides is 1. The van der Waals surface area contributed by atoms with Crippen LogP contribution >= 0.6 is 34.8 Å². The van der Waals surface area contributed by atoms with Crippen molar-refractivity contribution >= 4 is 103 Å². The maximum Gasteiger partial charge on any atom is 0.311 e. The average Bonchev–Trinajstić information content (AvgIpc) is 2.21. The summed E-state index contributed by atoms with van der Waals surface area (Å²) in [6, 6.07) is 4.90. The topological polar surface area (TPSA) is 306 Å². The number of ether oxygens (including phenoxy) is 1. The average molecular weight is 1270 g/mol. The van der Waals surface area contributed by atoms with E-state index in [4.69, 9.17) is 45.3 Å². The number of rotatable bonds is 12. The van der Waals surface area contributed by atoms with Crippen molar-refractivity contribution in [3.63, 3.8) is 0 Å². The van der Waals surface area contributed by atoms with E-state index < -0.39 is 39.7 Å². The molecular formula is C61H70Cl3F3N16O5. The third-order valence-corrected chi connectivity index (χ3v) is 16.8. The van der Waals surface area contributed by atoms with Crippen molar-refractivity contribution < 1.29 is 37.4 Å². The van der Waals surface area contributed by atoms with Gasteiger partial charge in [-0.25, -0.2) is 58.0 Å². The Balaban J connectivity index is 0.000000168. The van der Waals surface area contributed by atoms with Crippen LogP contribution in [0.15, 0.2) is 74.0 Å². The third-order valence-electron chi connectivity index (χ3n) is 16.2. The molecule has 0 bridgehead atoms. The number of fused-ring (bicyclic) bond motifs is 3. The van der Waals surface area contributed by atoms with E-state index in [2.05, 4.69) is 75.8 Å². The van der Waals surface area contributed by atoms with E-state index in [1.807, 2.05) is 27.7 Å². The first-order valence-electron chi connectivity index (χ1n) is 28.5. The van der Waals surface area contributed by atoms with E-state index in [0.29, 0.717) is 91.9 Å². The van der Waals surface area contributed by atoms with Crippen LogP contribution in [0.5, 0.6) is 0 Å². The number of halogens is 6. The van der Waals surface area contributed by atoms with Crippen LogP contribution in [-0.4, -0.2) is 108 Å². The molecule has 466 valence electrons. The van der Waals surface area contributed by atoms with Gasteiger partial charge < -0.3 is 46.5 Å². The molecule has 3 saturated carbocycles. The molecule has 0 aliphatic heterocycles. The molecular weight excluding hydrogens is 1200 g/mol. The van der Waals surface area contributed by atoms with E-state index in [0.717, 1.165) is 86.1 Å². The summed E-state index contributed by atoms with van der Waals surface area (Å²) in [5.74, 6) is -1.75. The second kappa shape index (κ2) is 27.9. The molecule has 21 nitrogen and oxygen atoms in total. The lowest BCUT2D eigenvalue weighted by atomic mass is 9.73. The van der Waals surface area contributed by atoms with Crippen LogP contribution in [0, 0.1) is 33.7 Å². The fourth-order valence-electron chi connectivity index (χ4n) is 11.5. The molecule has 12 rings (SSSR count). The fourth-order valence-corrected chi connectivity index (χ4v) is 12.0.